The van der Waals surface area contributed by atoms with E-state index in [4.69, 9.17) is 24.7 Å². The van der Waals surface area contributed by atoms with E-state index in [1.54, 1.807) is 0 Å². The molecular weight excluding hydrogens is 403 g/mol. The van der Waals surface area contributed by atoms with Gasteiger partial charge < -0.3 is 24.7 Å². The van der Waals surface area contributed by atoms with Gasteiger partial charge in [-0.25, -0.2) is 4.57 Å². The van der Waals surface area contributed by atoms with Crippen LogP contribution in [-0.4, -0.2) is 51.3 Å². The highest BCUT2D eigenvalue weighted by Crippen LogP contribution is 2.35. The second-order valence-electron chi connectivity index (χ2n) is 7.22. The van der Waals surface area contributed by atoms with E-state index < -0.39 is 39.1 Å². The third kappa shape index (κ3) is 21.5. The van der Waals surface area contributed by atoms with E-state index in [1.807, 2.05) is 0 Å². The van der Waals surface area contributed by atoms with E-state index in [0.29, 0.717) is 6.42 Å². The summed E-state index contributed by atoms with van der Waals surface area (Å²) in [5.41, 5.74) is 0. The Balaban J connectivity index is 3.44. The molecule has 0 saturated heterocycles. The maximum atomic E-state index is 11.7. The Labute approximate surface area is 173 Å². The normalized spacial score (nSPS) is 12.7. The first-order chi connectivity index (χ1) is 13.7. The molecule has 0 bridgehead atoms. The lowest BCUT2D eigenvalue weighted by Crippen LogP contribution is -2.26. The van der Waals surface area contributed by atoms with Gasteiger partial charge in [0.25, 0.3) is 0 Å². The highest BCUT2D eigenvalue weighted by Gasteiger charge is 2.20. The van der Waals surface area contributed by atoms with Crippen molar-refractivity contribution in [2.75, 3.05) is 13.2 Å². The van der Waals surface area contributed by atoms with E-state index in [0.717, 1.165) is 51.4 Å². The first kappa shape index (κ1) is 28.0. The summed E-state index contributed by atoms with van der Waals surface area (Å²) >= 11 is 0. The zero-order chi connectivity index (χ0) is 22.0. The fourth-order valence-corrected chi connectivity index (χ4v) is 3.22. The first-order valence-electron chi connectivity index (χ1n) is 10.5. The summed E-state index contributed by atoms with van der Waals surface area (Å²) in [6, 6.07) is 0. The molecule has 0 aliphatic heterocycles. The summed E-state index contributed by atoms with van der Waals surface area (Å²) < 4.78 is 19.7. The van der Waals surface area contributed by atoms with Gasteiger partial charge >= 0.3 is 19.8 Å². The molecule has 0 radical (unpaired) electrons. The minimum absolute atomic E-state index is 0.203. The lowest BCUT2D eigenvalue weighted by molar-refractivity contribution is -0.153. The molecule has 0 aromatic rings. The van der Waals surface area contributed by atoms with Crippen LogP contribution in [0.25, 0.3) is 0 Å². The van der Waals surface area contributed by atoms with Crippen LogP contribution in [0.4, 0.5) is 0 Å². The van der Waals surface area contributed by atoms with Crippen molar-refractivity contribution < 1.29 is 43.4 Å². The quantitative estimate of drug-likeness (QED) is 0.127. The lowest BCUT2D eigenvalue weighted by Gasteiger charge is -2.15. The maximum absolute atomic E-state index is 11.7. The van der Waals surface area contributed by atoms with Crippen molar-refractivity contribution in [3.8, 4) is 0 Å². The molecular formula is C19H37O9P. The number of rotatable bonds is 20. The zero-order valence-corrected chi connectivity index (χ0v) is 18.1. The molecule has 0 aliphatic carbocycles. The molecule has 0 aromatic heterocycles. The number of hydrogen-bond donors (Lipinski definition) is 4. The van der Waals surface area contributed by atoms with Gasteiger partial charge in [-0.3, -0.25) is 14.1 Å². The van der Waals surface area contributed by atoms with Crippen LogP contribution in [0.2, 0.25) is 0 Å². The third-order valence-corrected chi connectivity index (χ3v) is 4.94. The van der Waals surface area contributed by atoms with Crippen molar-refractivity contribution in [2.24, 2.45) is 0 Å². The van der Waals surface area contributed by atoms with Crippen LogP contribution in [0.3, 0.4) is 0 Å². The number of aliphatic hydroxyl groups excluding tert-OH is 1. The van der Waals surface area contributed by atoms with Gasteiger partial charge in [-0.05, 0) is 12.8 Å². The van der Waals surface area contributed by atoms with E-state index in [9.17, 15) is 14.2 Å². The SMILES string of the molecule is O=C(O)CCCCCCCCCCCCCCC(=O)O[C@H](CO)COP(=O)(O)O. The highest BCUT2D eigenvalue weighted by atomic mass is 31.2. The fraction of sp³-hybridized carbons (Fsp3) is 0.895. The average Bonchev–Trinajstić information content (AvgIpc) is 2.64. The highest BCUT2D eigenvalue weighted by molar-refractivity contribution is 7.46. The smallest absolute Gasteiger partial charge is 0.469 e. The number of carbonyl (C=O) groups is 2. The molecule has 172 valence electrons. The lowest BCUT2D eigenvalue weighted by atomic mass is 10.0. The average molecular weight is 440 g/mol. The summed E-state index contributed by atoms with van der Waals surface area (Å²) in [6.07, 6.45) is 11.9. The monoisotopic (exact) mass is 440 g/mol. The number of ether oxygens (including phenoxy) is 1. The Hall–Kier alpha value is -0.990. The van der Waals surface area contributed by atoms with Gasteiger partial charge in [-0.1, -0.05) is 64.2 Å². The number of phosphoric ester groups is 1. The second-order valence-corrected chi connectivity index (χ2v) is 8.46. The van der Waals surface area contributed by atoms with Gasteiger partial charge in [0, 0.05) is 12.8 Å². The Morgan fingerprint density at radius 1 is 0.759 bits per heavy atom. The van der Waals surface area contributed by atoms with Crippen molar-refractivity contribution in [3.63, 3.8) is 0 Å². The molecule has 0 aliphatic rings. The predicted molar refractivity (Wildman–Crippen MR) is 107 cm³/mol. The first-order valence-corrected chi connectivity index (χ1v) is 12.0. The molecule has 10 heteroatoms. The van der Waals surface area contributed by atoms with E-state index in [1.165, 1.54) is 19.3 Å². The number of aliphatic hydroxyl groups is 1. The van der Waals surface area contributed by atoms with Crippen LogP contribution in [-0.2, 0) is 23.4 Å². The number of esters is 1. The molecule has 1 atom stereocenters. The molecule has 0 rings (SSSR count). The molecule has 29 heavy (non-hydrogen) atoms. The molecule has 0 saturated carbocycles. The number of aliphatic carboxylic acids is 1. The summed E-state index contributed by atoms with van der Waals surface area (Å²) in [6.45, 7) is -1.11. The minimum Gasteiger partial charge on any atom is -0.481 e. The van der Waals surface area contributed by atoms with Gasteiger partial charge in [0.15, 0.2) is 0 Å². The number of phosphoric acid groups is 1. The molecule has 0 fully saturated rings. The molecule has 0 unspecified atom stereocenters. The van der Waals surface area contributed by atoms with Crippen molar-refractivity contribution in [2.45, 2.75) is 96.0 Å². The van der Waals surface area contributed by atoms with Crippen LogP contribution in [0.15, 0.2) is 0 Å². The largest absolute Gasteiger partial charge is 0.481 e. The van der Waals surface area contributed by atoms with Gasteiger partial charge in [0.05, 0.1) is 13.2 Å². The van der Waals surface area contributed by atoms with E-state index in [-0.39, 0.29) is 12.8 Å². The summed E-state index contributed by atoms with van der Waals surface area (Å²) in [5.74, 6) is -1.23. The molecule has 0 aromatic carbocycles. The molecule has 0 heterocycles. The van der Waals surface area contributed by atoms with Gasteiger partial charge in [0.1, 0.15) is 6.10 Å². The van der Waals surface area contributed by atoms with Crippen molar-refractivity contribution in [1.82, 2.24) is 0 Å². The van der Waals surface area contributed by atoms with Crippen molar-refractivity contribution in [3.05, 3.63) is 0 Å². The van der Waals surface area contributed by atoms with Gasteiger partial charge in [-0.15, -0.1) is 0 Å². The van der Waals surface area contributed by atoms with Crippen LogP contribution in [0, 0.1) is 0 Å². The van der Waals surface area contributed by atoms with Crippen molar-refractivity contribution in [1.29, 1.82) is 0 Å². The molecule has 4 N–H and O–H groups in total. The van der Waals surface area contributed by atoms with Crippen LogP contribution < -0.4 is 0 Å². The predicted octanol–water partition coefficient (Wildman–Crippen LogP) is 3.55. The van der Waals surface area contributed by atoms with E-state index in [2.05, 4.69) is 4.52 Å². The minimum atomic E-state index is -4.65. The number of carbonyl (C=O) groups excluding carboxylic acids is 1. The standard InChI is InChI=1S/C19H37O9P/c20-15-17(16-27-29(24,25)26)28-19(23)14-12-10-8-6-4-2-1-3-5-7-9-11-13-18(21)22/h17,20H,1-16H2,(H,21,22)(H2,24,25,26)/t17-/m1/s1. The molecule has 0 amide bonds. The van der Waals surface area contributed by atoms with Crippen molar-refractivity contribution >= 4 is 19.8 Å². The number of carboxylic acids is 1. The Bertz CT molecular complexity index is 478. The number of unbranched alkanes of at least 4 members (excludes halogenated alkanes) is 11. The summed E-state index contributed by atoms with van der Waals surface area (Å²) in [5, 5.41) is 17.6. The second kappa shape index (κ2) is 17.8. The molecule has 9 nitrogen and oxygen atoms in total. The summed E-state index contributed by atoms with van der Waals surface area (Å²) in [4.78, 5) is 39.2. The number of carboxylic acid groups (broad SMARTS) is 1. The zero-order valence-electron chi connectivity index (χ0n) is 17.2. The van der Waals surface area contributed by atoms with Gasteiger partial charge in [-0.2, -0.15) is 0 Å². The Morgan fingerprint density at radius 3 is 1.55 bits per heavy atom. The van der Waals surface area contributed by atoms with Crippen LogP contribution >= 0.6 is 7.82 Å². The number of hydrogen-bond acceptors (Lipinski definition) is 6. The fourth-order valence-electron chi connectivity index (χ4n) is 2.86. The summed E-state index contributed by atoms with van der Waals surface area (Å²) in [7, 11) is -4.65. The Kier molecular flexibility index (Phi) is 17.2. The Morgan fingerprint density at radius 2 is 1.17 bits per heavy atom. The van der Waals surface area contributed by atoms with Crippen LogP contribution in [0.5, 0.6) is 0 Å². The maximum Gasteiger partial charge on any atom is 0.469 e. The third-order valence-electron chi connectivity index (χ3n) is 4.45. The van der Waals surface area contributed by atoms with Gasteiger partial charge in [0.2, 0.25) is 0 Å². The van der Waals surface area contributed by atoms with Crippen LogP contribution in [0.1, 0.15) is 89.9 Å². The van der Waals surface area contributed by atoms with E-state index >= 15 is 0 Å². The molecule has 0 spiro atoms. The topological polar surface area (TPSA) is 151 Å².